The topological polar surface area (TPSA) is 46.1 Å². The van der Waals surface area contributed by atoms with Crippen LogP contribution >= 0.6 is 0 Å². The SMILES string of the molecule is O=C(C1CCC(F)(F)CC1)N1CCC[C@@H]1c1cnccn1. The monoisotopic (exact) mass is 295 g/mol. The molecule has 114 valence electrons. The predicted molar refractivity (Wildman–Crippen MR) is 72.6 cm³/mol. The van der Waals surface area contributed by atoms with Crippen LogP contribution in [-0.2, 0) is 4.79 Å². The maximum Gasteiger partial charge on any atom is 0.248 e. The van der Waals surface area contributed by atoms with Crippen LogP contribution in [0.25, 0.3) is 0 Å². The molecule has 2 fully saturated rings. The van der Waals surface area contributed by atoms with Gasteiger partial charge in [-0.25, -0.2) is 8.78 Å². The van der Waals surface area contributed by atoms with Crippen LogP contribution in [0.2, 0.25) is 0 Å². The minimum atomic E-state index is -2.59. The Labute approximate surface area is 122 Å². The first kappa shape index (κ1) is 14.4. The largest absolute Gasteiger partial charge is 0.334 e. The van der Waals surface area contributed by atoms with E-state index in [-0.39, 0.29) is 43.6 Å². The first-order valence-corrected chi connectivity index (χ1v) is 7.51. The minimum absolute atomic E-state index is 0.0126. The Morgan fingerprint density at radius 1 is 1.24 bits per heavy atom. The minimum Gasteiger partial charge on any atom is -0.334 e. The lowest BCUT2D eigenvalue weighted by atomic mass is 9.85. The summed E-state index contributed by atoms with van der Waals surface area (Å²) in [5, 5.41) is 0. The number of carbonyl (C=O) groups is 1. The molecule has 3 rings (SSSR count). The molecule has 0 bridgehead atoms. The molecule has 21 heavy (non-hydrogen) atoms. The van der Waals surface area contributed by atoms with E-state index in [2.05, 4.69) is 9.97 Å². The van der Waals surface area contributed by atoms with Crippen molar-refractivity contribution in [1.82, 2.24) is 14.9 Å². The summed E-state index contributed by atoms with van der Waals surface area (Å²) < 4.78 is 26.4. The predicted octanol–water partition coefficient (Wildman–Crippen LogP) is 2.97. The lowest BCUT2D eigenvalue weighted by Crippen LogP contribution is -2.39. The number of likely N-dealkylation sites (tertiary alicyclic amines) is 1. The summed E-state index contributed by atoms with van der Waals surface area (Å²) in [6.45, 7) is 0.687. The van der Waals surface area contributed by atoms with Crippen LogP contribution in [0.5, 0.6) is 0 Å². The molecule has 2 heterocycles. The highest BCUT2D eigenvalue weighted by atomic mass is 19.3. The highest BCUT2D eigenvalue weighted by Crippen LogP contribution is 2.39. The molecule has 1 aliphatic heterocycles. The highest BCUT2D eigenvalue weighted by molar-refractivity contribution is 5.79. The van der Waals surface area contributed by atoms with E-state index in [1.807, 2.05) is 4.90 Å². The number of alkyl halides is 2. The molecule has 0 spiro atoms. The van der Waals surface area contributed by atoms with E-state index in [0.717, 1.165) is 18.5 Å². The zero-order valence-corrected chi connectivity index (χ0v) is 11.8. The van der Waals surface area contributed by atoms with Gasteiger partial charge in [0.2, 0.25) is 11.8 Å². The fraction of sp³-hybridized carbons (Fsp3) is 0.667. The smallest absolute Gasteiger partial charge is 0.248 e. The molecule has 0 unspecified atom stereocenters. The molecule has 1 atom stereocenters. The van der Waals surface area contributed by atoms with E-state index < -0.39 is 5.92 Å². The van der Waals surface area contributed by atoms with Gasteiger partial charge >= 0.3 is 0 Å². The molecular formula is C15H19F2N3O. The van der Waals surface area contributed by atoms with Crippen LogP contribution in [0.15, 0.2) is 18.6 Å². The zero-order valence-electron chi connectivity index (χ0n) is 11.8. The zero-order chi connectivity index (χ0) is 14.9. The van der Waals surface area contributed by atoms with Crippen molar-refractivity contribution < 1.29 is 13.6 Å². The molecule has 1 amide bonds. The summed E-state index contributed by atoms with van der Waals surface area (Å²) in [4.78, 5) is 22.8. The van der Waals surface area contributed by atoms with E-state index in [1.165, 1.54) is 0 Å². The van der Waals surface area contributed by atoms with Crippen molar-refractivity contribution in [3.8, 4) is 0 Å². The third-order valence-electron chi connectivity index (χ3n) is 4.53. The van der Waals surface area contributed by atoms with Crippen LogP contribution in [0.3, 0.4) is 0 Å². The number of rotatable bonds is 2. The van der Waals surface area contributed by atoms with Gasteiger partial charge in [-0.3, -0.25) is 14.8 Å². The Bertz CT molecular complexity index is 499. The van der Waals surface area contributed by atoms with Crippen LogP contribution in [0.4, 0.5) is 8.78 Å². The van der Waals surface area contributed by atoms with Gasteiger partial charge in [-0.05, 0) is 25.7 Å². The number of amides is 1. The first-order chi connectivity index (χ1) is 10.1. The molecule has 1 saturated carbocycles. The van der Waals surface area contributed by atoms with E-state index in [1.54, 1.807) is 18.6 Å². The molecule has 1 aromatic rings. The van der Waals surface area contributed by atoms with Crippen molar-refractivity contribution in [3.05, 3.63) is 24.3 Å². The summed E-state index contributed by atoms with van der Waals surface area (Å²) in [5.41, 5.74) is 0.796. The summed E-state index contributed by atoms with van der Waals surface area (Å²) in [5.74, 6) is -2.84. The molecule has 0 N–H and O–H groups in total. The van der Waals surface area contributed by atoms with Gasteiger partial charge in [0.05, 0.1) is 17.9 Å². The van der Waals surface area contributed by atoms with Crippen LogP contribution in [0, 0.1) is 5.92 Å². The quantitative estimate of drug-likeness (QED) is 0.842. The van der Waals surface area contributed by atoms with Crippen molar-refractivity contribution in [2.24, 2.45) is 5.92 Å². The lowest BCUT2D eigenvalue weighted by molar-refractivity contribution is -0.140. The van der Waals surface area contributed by atoms with E-state index >= 15 is 0 Å². The standard InChI is InChI=1S/C15H19F2N3O/c16-15(17)5-3-11(4-6-15)14(21)20-9-1-2-13(20)12-10-18-7-8-19-12/h7-8,10-11,13H,1-6,9H2/t13-/m1/s1. The second-order valence-electron chi connectivity index (χ2n) is 5.95. The Morgan fingerprint density at radius 3 is 2.67 bits per heavy atom. The molecule has 6 heteroatoms. The van der Waals surface area contributed by atoms with E-state index in [0.29, 0.717) is 6.54 Å². The van der Waals surface area contributed by atoms with E-state index in [9.17, 15) is 13.6 Å². The van der Waals surface area contributed by atoms with Gasteiger partial charge < -0.3 is 4.90 Å². The van der Waals surface area contributed by atoms with Gasteiger partial charge in [0, 0.05) is 37.7 Å². The summed E-state index contributed by atoms with van der Waals surface area (Å²) >= 11 is 0. The van der Waals surface area contributed by atoms with Gasteiger partial charge in [-0.2, -0.15) is 0 Å². The Hall–Kier alpha value is -1.59. The maximum atomic E-state index is 13.2. The number of nitrogens with zero attached hydrogens (tertiary/aromatic N) is 3. The van der Waals surface area contributed by atoms with Crippen molar-refractivity contribution in [2.45, 2.75) is 50.5 Å². The van der Waals surface area contributed by atoms with Gasteiger partial charge in [0.1, 0.15) is 0 Å². The summed E-state index contributed by atoms with van der Waals surface area (Å²) in [6.07, 6.45) is 6.94. The molecule has 0 aromatic carbocycles. The van der Waals surface area contributed by atoms with Gasteiger partial charge in [-0.15, -0.1) is 0 Å². The Kier molecular flexibility index (Phi) is 3.87. The normalized spacial score (nSPS) is 26.0. The summed E-state index contributed by atoms with van der Waals surface area (Å²) in [7, 11) is 0. The number of hydrogen-bond donors (Lipinski definition) is 0. The molecule has 0 radical (unpaired) electrons. The average molecular weight is 295 g/mol. The molecule has 2 aliphatic rings. The second-order valence-corrected chi connectivity index (χ2v) is 5.95. The van der Waals surface area contributed by atoms with Gasteiger partial charge in [0.15, 0.2) is 0 Å². The fourth-order valence-electron chi connectivity index (χ4n) is 3.34. The molecular weight excluding hydrogens is 276 g/mol. The number of carbonyl (C=O) groups excluding carboxylic acids is 1. The van der Waals surface area contributed by atoms with Crippen LogP contribution in [-0.4, -0.2) is 33.2 Å². The van der Waals surface area contributed by atoms with Crippen molar-refractivity contribution in [2.75, 3.05) is 6.54 Å². The van der Waals surface area contributed by atoms with Crippen molar-refractivity contribution in [3.63, 3.8) is 0 Å². The van der Waals surface area contributed by atoms with Crippen LogP contribution < -0.4 is 0 Å². The lowest BCUT2D eigenvalue weighted by Gasteiger charge is -2.32. The van der Waals surface area contributed by atoms with Crippen LogP contribution in [0.1, 0.15) is 50.3 Å². The molecule has 1 saturated heterocycles. The molecule has 4 nitrogen and oxygen atoms in total. The number of aromatic nitrogens is 2. The second kappa shape index (κ2) is 5.66. The highest BCUT2D eigenvalue weighted by Gasteiger charge is 2.41. The van der Waals surface area contributed by atoms with Crippen molar-refractivity contribution >= 4 is 5.91 Å². The Balaban J connectivity index is 1.69. The third-order valence-corrected chi connectivity index (χ3v) is 4.53. The molecule has 1 aliphatic carbocycles. The molecule has 1 aromatic heterocycles. The third kappa shape index (κ3) is 3.04. The van der Waals surface area contributed by atoms with Crippen molar-refractivity contribution in [1.29, 1.82) is 0 Å². The summed E-state index contributed by atoms with van der Waals surface area (Å²) in [6, 6.07) is -0.0476. The number of hydrogen-bond acceptors (Lipinski definition) is 3. The maximum absolute atomic E-state index is 13.2. The number of halogens is 2. The van der Waals surface area contributed by atoms with Gasteiger partial charge in [-0.1, -0.05) is 0 Å². The first-order valence-electron chi connectivity index (χ1n) is 7.51. The van der Waals surface area contributed by atoms with Gasteiger partial charge in [0.25, 0.3) is 0 Å². The Morgan fingerprint density at radius 2 is 2.00 bits per heavy atom. The fourth-order valence-corrected chi connectivity index (χ4v) is 3.34. The average Bonchev–Trinajstić information content (AvgIpc) is 2.97. The van der Waals surface area contributed by atoms with E-state index in [4.69, 9.17) is 0 Å².